The molecule has 1 aliphatic rings. The fourth-order valence-electron chi connectivity index (χ4n) is 3.08. The number of aromatic nitrogens is 1. The van der Waals surface area contributed by atoms with E-state index >= 15 is 0 Å². The molecule has 1 aliphatic carbocycles. The standard InChI is InChI=1S/C16H25N3O/c1-13(14-6-10-18-11-7-14)19-15(20)12-16(17-2)8-4-3-5-9-16/h6-7,10-11,13,17H,3-5,8-9,12H2,1-2H3,(H,19,20)/t13-/m0/s1. The number of hydrogen-bond donors (Lipinski definition) is 2. The van der Waals surface area contributed by atoms with E-state index in [0.29, 0.717) is 6.42 Å². The number of nitrogens with one attached hydrogen (secondary N) is 2. The summed E-state index contributed by atoms with van der Waals surface area (Å²) in [4.78, 5) is 16.3. The van der Waals surface area contributed by atoms with E-state index < -0.39 is 0 Å². The Bertz CT molecular complexity index is 427. The van der Waals surface area contributed by atoms with Gasteiger partial charge in [-0.05, 0) is 44.5 Å². The maximum atomic E-state index is 12.3. The topological polar surface area (TPSA) is 54.0 Å². The van der Waals surface area contributed by atoms with Crippen LogP contribution in [0.2, 0.25) is 0 Å². The van der Waals surface area contributed by atoms with Gasteiger partial charge in [-0.15, -0.1) is 0 Å². The highest BCUT2D eigenvalue weighted by molar-refractivity contribution is 5.77. The van der Waals surface area contributed by atoms with E-state index in [1.165, 1.54) is 19.3 Å². The minimum Gasteiger partial charge on any atom is -0.350 e. The molecule has 1 heterocycles. The van der Waals surface area contributed by atoms with Crippen LogP contribution in [0.15, 0.2) is 24.5 Å². The summed E-state index contributed by atoms with van der Waals surface area (Å²) in [6, 6.07) is 3.92. The molecule has 2 rings (SSSR count). The lowest BCUT2D eigenvalue weighted by atomic mass is 9.79. The van der Waals surface area contributed by atoms with Crippen molar-refractivity contribution in [3.63, 3.8) is 0 Å². The minimum atomic E-state index is 0.000294. The molecule has 0 radical (unpaired) electrons. The van der Waals surface area contributed by atoms with Crippen molar-refractivity contribution in [2.45, 2.75) is 57.0 Å². The van der Waals surface area contributed by atoms with E-state index in [1.54, 1.807) is 12.4 Å². The van der Waals surface area contributed by atoms with Crippen LogP contribution >= 0.6 is 0 Å². The molecule has 1 aromatic heterocycles. The molecule has 1 amide bonds. The Morgan fingerprint density at radius 1 is 1.30 bits per heavy atom. The molecule has 1 fully saturated rings. The van der Waals surface area contributed by atoms with Gasteiger partial charge in [0.2, 0.25) is 5.91 Å². The molecule has 1 atom stereocenters. The van der Waals surface area contributed by atoms with Gasteiger partial charge in [0.25, 0.3) is 0 Å². The zero-order valence-corrected chi connectivity index (χ0v) is 12.5. The molecule has 4 heteroatoms. The molecule has 0 aliphatic heterocycles. The number of hydrogen-bond acceptors (Lipinski definition) is 3. The van der Waals surface area contributed by atoms with Crippen molar-refractivity contribution >= 4 is 5.91 Å². The number of rotatable bonds is 5. The predicted octanol–water partition coefficient (Wildman–Crippen LogP) is 2.57. The number of pyridine rings is 1. The van der Waals surface area contributed by atoms with E-state index in [4.69, 9.17) is 0 Å². The second-order valence-corrected chi connectivity index (χ2v) is 5.84. The van der Waals surface area contributed by atoms with Gasteiger partial charge < -0.3 is 10.6 Å². The van der Waals surface area contributed by atoms with E-state index in [0.717, 1.165) is 18.4 Å². The van der Waals surface area contributed by atoms with Crippen molar-refractivity contribution < 1.29 is 4.79 Å². The monoisotopic (exact) mass is 275 g/mol. The van der Waals surface area contributed by atoms with E-state index in [1.807, 2.05) is 26.1 Å². The molecule has 2 N–H and O–H groups in total. The molecule has 0 spiro atoms. The zero-order chi connectivity index (χ0) is 14.4. The lowest BCUT2D eigenvalue weighted by Gasteiger charge is -2.37. The largest absolute Gasteiger partial charge is 0.350 e. The summed E-state index contributed by atoms with van der Waals surface area (Å²) in [5.41, 5.74) is 1.09. The van der Waals surface area contributed by atoms with Crippen LogP contribution in [-0.4, -0.2) is 23.5 Å². The second-order valence-electron chi connectivity index (χ2n) is 5.84. The van der Waals surface area contributed by atoms with E-state index in [2.05, 4.69) is 15.6 Å². The average molecular weight is 275 g/mol. The summed E-state index contributed by atoms with van der Waals surface area (Å²) in [6.45, 7) is 2.01. The number of amides is 1. The first kappa shape index (κ1) is 15.0. The van der Waals surface area contributed by atoms with Crippen molar-refractivity contribution in [2.24, 2.45) is 0 Å². The van der Waals surface area contributed by atoms with Crippen LogP contribution in [0.3, 0.4) is 0 Å². The predicted molar refractivity (Wildman–Crippen MR) is 80.3 cm³/mol. The summed E-state index contributed by atoms with van der Waals surface area (Å²) < 4.78 is 0. The van der Waals surface area contributed by atoms with Gasteiger partial charge in [0.1, 0.15) is 0 Å². The smallest absolute Gasteiger partial charge is 0.222 e. The van der Waals surface area contributed by atoms with Crippen LogP contribution in [0.1, 0.15) is 57.1 Å². The molecule has 1 saturated carbocycles. The van der Waals surface area contributed by atoms with Crippen LogP contribution in [-0.2, 0) is 4.79 Å². The van der Waals surface area contributed by atoms with Gasteiger partial charge in [-0.1, -0.05) is 19.3 Å². The first-order chi connectivity index (χ1) is 9.65. The Morgan fingerprint density at radius 3 is 2.55 bits per heavy atom. The van der Waals surface area contributed by atoms with Gasteiger partial charge in [-0.25, -0.2) is 0 Å². The van der Waals surface area contributed by atoms with Crippen molar-refractivity contribution in [1.82, 2.24) is 15.6 Å². The fraction of sp³-hybridized carbons (Fsp3) is 0.625. The van der Waals surface area contributed by atoms with Gasteiger partial charge in [-0.2, -0.15) is 0 Å². The quantitative estimate of drug-likeness (QED) is 0.868. The highest BCUT2D eigenvalue weighted by atomic mass is 16.1. The number of carbonyl (C=O) groups excluding carboxylic acids is 1. The van der Waals surface area contributed by atoms with Crippen LogP contribution in [0, 0.1) is 0 Å². The third kappa shape index (κ3) is 3.79. The highest BCUT2D eigenvalue weighted by Gasteiger charge is 2.32. The molecule has 0 aromatic carbocycles. The van der Waals surface area contributed by atoms with Crippen LogP contribution in [0.25, 0.3) is 0 Å². The lowest BCUT2D eigenvalue weighted by molar-refractivity contribution is -0.123. The Kier molecular flexibility index (Phi) is 5.12. The van der Waals surface area contributed by atoms with Crippen molar-refractivity contribution in [3.05, 3.63) is 30.1 Å². The van der Waals surface area contributed by atoms with E-state index in [9.17, 15) is 4.79 Å². The Balaban J connectivity index is 1.91. The maximum Gasteiger partial charge on any atom is 0.222 e. The lowest BCUT2D eigenvalue weighted by Crippen LogP contribution is -2.48. The SMILES string of the molecule is CNC1(CC(=O)N[C@@H](C)c2ccncc2)CCCCC1. The van der Waals surface area contributed by atoms with Crippen molar-refractivity contribution in [2.75, 3.05) is 7.05 Å². The second kappa shape index (κ2) is 6.84. The molecular weight excluding hydrogens is 250 g/mol. The molecule has 0 bridgehead atoms. The molecule has 0 saturated heterocycles. The van der Waals surface area contributed by atoms with Crippen molar-refractivity contribution in [1.29, 1.82) is 0 Å². The maximum absolute atomic E-state index is 12.3. The van der Waals surface area contributed by atoms with Crippen LogP contribution in [0.4, 0.5) is 0 Å². The molecule has 4 nitrogen and oxygen atoms in total. The molecule has 110 valence electrons. The van der Waals surface area contributed by atoms with Crippen molar-refractivity contribution in [3.8, 4) is 0 Å². The molecule has 0 unspecified atom stereocenters. The Morgan fingerprint density at radius 2 is 1.95 bits per heavy atom. The van der Waals surface area contributed by atoms with Crippen LogP contribution in [0.5, 0.6) is 0 Å². The molecule has 20 heavy (non-hydrogen) atoms. The first-order valence-corrected chi connectivity index (χ1v) is 7.53. The normalized spacial score (nSPS) is 19.3. The zero-order valence-electron chi connectivity index (χ0n) is 12.5. The van der Waals surface area contributed by atoms with Gasteiger partial charge >= 0.3 is 0 Å². The minimum absolute atomic E-state index is 0.000294. The third-order valence-corrected chi connectivity index (χ3v) is 4.42. The first-order valence-electron chi connectivity index (χ1n) is 7.53. The van der Waals surface area contributed by atoms with Gasteiger partial charge in [0.15, 0.2) is 0 Å². The van der Waals surface area contributed by atoms with Crippen LogP contribution < -0.4 is 10.6 Å². The molecular formula is C16H25N3O. The highest BCUT2D eigenvalue weighted by Crippen LogP contribution is 2.30. The Labute approximate surface area is 121 Å². The summed E-state index contributed by atoms with van der Waals surface area (Å²) in [5, 5.41) is 6.49. The average Bonchev–Trinajstić information content (AvgIpc) is 2.49. The summed E-state index contributed by atoms with van der Waals surface area (Å²) >= 11 is 0. The fourth-order valence-corrected chi connectivity index (χ4v) is 3.08. The van der Waals surface area contributed by atoms with E-state index in [-0.39, 0.29) is 17.5 Å². The summed E-state index contributed by atoms with van der Waals surface area (Å²) in [6.07, 6.45) is 10.0. The number of carbonyl (C=O) groups is 1. The van der Waals surface area contributed by atoms with Gasteiger partial charge in [0, 0.05) is 24.4 Å². The third-order valence-electron chi connectivity index (χ3n) is 4.42. The number of nitrogens with zero attached hydrogens (tertiary/aromatic N) is 1. The Hall–Kier alpha value is -1.42. The van der Waals surface area contributed by atoms with Gasteiger partial charge in [0.05, 0.1) is 6.04 Å². The summed E-state index contributed by atoms with van der Waals surface area (Å²) in [5.74, 6) is 0.130. The van der Waals surface area contributed by atoms with Gasteiger partial charge in [-0.3, -0.25) is 9.78 Å². The summed E-state index contributed by atoms with van der Waals surface area (Å²) in [7, 11) is 1.98. The molecule has 1 aromatic rings.